The number of rotatable bonds is 11. The summed E-state index contributed by atoms with van der Waals surface area (Å²) in [5.74, 6) is -2.76. The highest BCUT2D eigenvalue weighted by Gasteiger charge is 2.34. The normalized spacial score (nSPS) is 15.5. The van der Waals surface area contributed by atoms with Gasteiger partial charge in [-0.15, -0.1) is 0 Å². The van der Waals surface area contributed by atoms with Gasteiger partial charge in [-0.3, -0.25) is 34.6 Å². The summed E-state index contributed by atoms with van der Waals surface area (Å²) in [6.07, 6.45) is 0.142. The van der Waals surface area contributed by atoms with E-state index in [1.165, 1.54) is 21.0 Å². The molecule has 1 fully saturated rings. The maximum atomic E-state index is 13.1. The Kier molecular flexibility index (Phi) is 11.4. The molecule has 3 rings (SSSR count). The van der Waals surface area contributed by atoms with Gasteiger partial charge in [0.25, 0.3) is 0 Å². The number of amides is 5. The van der Waals surface area contributed by atoms with Crippen LogP contribution in [0.15, 0.2) is 54.6 Å². The summed E-state index contributed by atoms with van der Waals surface area (Å²) in [4.78, 5) is 75.7. The van der Waals surface area contributed by atoms with Crippen LogP contribution in [0.1, 0.15) is 39.5 Å². The van der Waals surface area contributed by atoms with Crippen molar-refractivity contribution in [1.29, 1.82) is 0 Å². The van der Waals surface area contributed by atoms with E-state index in [9.17, 15) is 28.8 Å². The molecule has 5 amide bonds. The first-order chi connectivity index (χ1) is 20.1. The molecule has 224 valence electrons. The van der Waals surface area contributed by atoms with Crippen molar-refractivity contribution in [1.82, 2.24) is 16.0 Å². The van der Waals surface area contributed by atoms with Crippen molar-refractivity contribution in [2.75, 3.05) is 23.9 Å². The zero-order valence-corrected chi connectivity index (χ0v) is 23.7. The molecule has 0 spiro atoms. The van der Waals surface area contributed by atoms with Gasteiger partial charge in [-0.2, -0.15) is 0 Å². The fourth-order valence-corrected chi connectivity index (χ4v) is 4.29. The Labute approximate surface area is 243 Å². The largest absolute Gasteiger partial charge is 0.469 e. The minimum atomic E-state index is -1.08. The lowest BCUT2D eigenvalue weighted by molar-refractivity contribution is -0.142. The van der Waals surface area contributed by atoms with Crippen molar-refractivity contribution in [3.8, 4) is 5.75 Å². The van der Waals surface area contributed by atoms with Crippen molar-refractivity contribution in [2.24, 2.45) is 0 Å². The number of carbonyl (C=O) groups is 6. The van der Waals surface area contributed by atoms with Gasteiger partial charge in [0.05, 0.1) is 19.2 Å². The molecule has 1 heterocycles. The molecule has 0 aromatic heterocycles. The fraction of sp³-hybridized carbons (Fsp3) is 0.379. The van der Waals surface area contributed by atoms with Gasteiger partial charge in [0.15, 0.2) is 5.75 Å². The van der Waals surface area contributed by atoms with E-state index in [1.807, 2.05) is 6.07 Å². The summed E-state index contributed by atoms with van der Waals surface area (Å²) in [5.41, 5.74) is 1.08. The number of esters is 1. The minimum absolute atomic E-state index is 0.132. The van der Waals surface area contributed by atoms with E-state index in [0.717, 1.165) is 0 Å². The van der Waals surface area contributed by atoms with Crippen LogP contribution in [-0.2, 0) is 28.7 Å². The Bertz CT molecular complexity index is 1300. The van der Waals surface area contributed by atoms with E-state index in [4.69, 9.17) is 4.74 Å². The molecular formula is C29H35N5O8. The van der Waals surface area contributed by atoms with Gasteiger partial charge in [0, 0.05) is 18.7 Å². The van der Waals surface area contributed by atoms with Gasteiger partial charge in [-0.1, -0.05) is 30.3 Å². The minimum Gasteiger partial charge on any atom is -0.469 e. The maximum absolute atomic E-state index is 13.1. The smallest absolute Gasteiger partial charge is 0.417 e. The topological polar surface area (TPSA) is 172 Å². The first-order valence-corrected chi connectivity index (χ1v) is 13.5. The first kappa shape index (κ1) is 31.6. The van der Waals surface area contributed by atoms with E-state index >= 15 is 0 Å². The van der Waals surface area contributed by atoms with E-state index in [-0.39, 0.29) is 18.6 Å². The zero-order valence-electron chi connectivity index (χ0n) is 23.7. The Balaban J connectivity index is 1.56. The quantitative estimate of drug-likeness (QED) is 0.289. The SMILES string of the molecule is COC(=O)CCC(=O)N[C@@H](C)C(=O)N[C@@H](C)C(=O)NC(=O)[C@@H]1CCCN1c1ccccc1OC(=O)Nc1ccccc1. The van der Waals surface area contributed by atoms with E-state index in [1.54, 1.807) is 53.4 Å². The molecule has 2 aromatic rings. The van der Waals surface area contributed by atoms with Gasteiger partial charge in [0.1, 0.15) is 18.1 Å². The average Bonchev–Trinajstić information content (AvgIpc) is 3.46. The van der Waals surface area contributed by atoms with E-state index < -0.39 is 53.8 Å². The van der Waals surface area contributed by atoms with Gasteiger partial charge in [0.2, 0.25) is 23.6 Å². The predicted octanol–water partition coefficient (Wildman–Crippen LogP) is 1.87. The Morgan fingerprint density at radius 3 is 2.26 bits per heavy atom. The van der Waals surface area contributed by atoms with Crippen LogP contribution in [0.5, 0.6) is 5.75 Å². The van der Waals surface area contributed by atoms with Crippen LogP contribution in [-0.4, -0.2) is 67.5 Å². The fourth-order valence-electron chi connectivity index (χ4n) is 4.29. The number of anilines is 2. The van der Waals surface area contributed by atoms with Crippen LogP contribution in [0.2, 0.25) is 0 Å². The van der Waals surface area contributed by atoms with Crippen molar-refractivity contribution in [2.45, 2.75) is 57.7 Å². The van der Waals surface area contributed by atoms with Gasteiger partial charge in [-0.05, 0) is 51.0 Å². The third-order valence-corrected chi connectivity index (χ3v) is 6.51. The first-order valence-electron chi connectivity index (χ1n) is 13.5. The Morgan fingerprint density at radius 2 is 1.55 bits per heavy atom. The summed E-state index contributed by atoms with van der Waals surface area (Å²) >= 11 is 0. The summed E-state index contributed by atoms with van der Waals surface area (Å²) < 4.78 is 10.0. The number of hydrogen-bond acceptors (Lipinski definition) is 9. The number of nitrogens with zero attached hydrogens (tertiary/aromatic N) is 1. The molecule has 2 aromatic carbocycles. The van der Waals surface area contributed by atoms with Crippen molar-refractivity contribution in [3.63, 3.8) is 0 Å². The van der Waals surface area contributed by atoms with Gasteiger partial charge in [-0.25, -0.2) is 4.79 Å². The third kappa shape index (κ3) is 9.04. The lowest BCUT2D eigenvalue weighted by Gasteiger charge is -2.27. The monoisotopic (exact) mass is 581 g/mol. The third-order valence-electron chi connectivity index (χ3n) is 6.51. The number of methoxy groups -OCH3 is 1. The van der Waals surface area contributed by atoms with Gasteiger partial charge < -0.3 is 25.0 Å². The number of benzene rings is 2. The molecule has 3 atom stereocenters. The van der Waals surface area contributed by atoms with Crippen LogP contribution < -0.4 is 30.9 Å². The second kappa shape index (κ2) is 15.2. The highest BCUT2D eigenvalue weighted by molar-refractivity contribution is 6.03. The lowest BCUT2D eigenvalue weighted by Crippen LogP contribution is -2.54. The molecule has 0 aliphatic carbocycles. The zero-order chi connectivity index (χ0) is 30.6. The number of carbonyl (C=O) groups excluding carboxylic acids is 6. The predicted molar refractivity (Wildman–Crippen MR) is 153 cm³/mol. The molecule has 1 saturated heterocycles. The number of hydrogen-bond donors (Lipinski definition) is 4. The number of imide groups is 1. The molecule has 0 bridgehead atoms. The van der Waals surface area contributed by atoms with Crippen molar-refractivity contribution >= 4 is 47.1 Å². The molecule has 13 heteroatoms. The summed E-state index contributed by atoms with van der Waals surface area (Å²) in [5, 5.41) is 9.90. The molecule has 1 aliphatic heterocycles. The second-order valence-electron chi connectivity index (χ2n) is 9.65. The molecule has 42 heavy (non-hydrogen) atoms. The summed E-state index contributed by atoms with van der Waals surface area (Å²) in [7, 11) is 1.21. The molecule has 0 saturated carbocycles. The molecule has 13 nitrogen and oxygen atoms in total. The molecule has 1 aliphatic rings. The number of para-hydroxylation sites is 3. The van der Waals surface area contributed by atoms with Crippen LogP contribution in [0.3, 0.4) is 0 Å². The molecule has 4 N–H and O–H groups in total. The average molecular weight is 582 g/mol. The summed E-state index contributed by atoms with van der Waals surface area (Å²) in [6, 6.07) is 12.8. The van der Waals surface area contributed by atoms with Crippen LogP contribution in [0, 0.1) is 0 Å². The Morgan fingerprint density at radius 1 is 0.881 bits per heavy atom. The number of nitrogens with one attached hydrogen (secondary N) is 4. The highest BCUT2D eigenvalue weighted by Crippen LogP contribution is 2.34. The van der Waals surface area contributed by atoms with E-state index in [2.05, 4.69) is 26.0 Å². The standard InChI is InChI=1S/C29H35N5O8/c1-18(30-24(35)15-16-25(36)41-3)26(37)31-19(2)27(38)33-28(39)22-13-9-17-34(22)21-12-7-8-14-23(21)42-29(40)32-20-10-5-4-6-11-20/h4-8,10-12,14,18-19,22H,9,13,15-17H2,1-3H3,(H,30,35)(H,31,37)(H,32,40)(H,33,38,39)/t18-,19-,22-/m0/s1. The van der Waals surface area contributed by atoms with Crippen LogP contribution >= 0.6 is 0 Å². The molecular weight excluding hydrogens is 546 g/mol. The van der Waals surface area contributed by atoms with Gasteiger partial charge >= 0.3 is 12.1 Å². The highest BCUT2D eigenvalue weighted by atomic mass is 16.6. The van der Waals surface area contributed by atoms with Crippen LogP contribution in [0.25, 0.3) is 0 Å². The maximum Gasteiger partial charge on any atom is 0.417 e. The van der Waals surface area contributed by atoms with Crippen LogP contribution in [0.4, 0.5) is 16.2 Å². The van der Waals surface area contributed by atoms with Crippen molar-refractivity contribution < 1.29 is 38.2 Å². The molecule has 0 radical (unpaired) electrons. The van der Waals surface area contributed by atoms with Crippen molar-refractivity contribution in [3.05, 3.63) is 54.6 Å². The number of ether oxygens (including phenoxy) is 2. The molecule has 0 unspecified atom stereocenters. The summed E-state index contributed by atoms with van der Waals surface area (Å²) in [6.45, 7) is 3.33. The lowest BCUT2D eigenvalue weighted by atomic mass is 10.1. The Hall–Kier alpha value is -4.94. The van der Waals surface area contributed by atoms with E-state index in [0.29, 0.717) is 30.8 Å². The second-order valence-corrected chi connectivity index (χ2v) is 9.65.